The van der Waals surface area contributed by atoms with E-state index in [4.69, 9.17) is 5.73 Å². The summed E-state index contributed by atoms with van der Waals surface area (Å²) < 4.78 is 0. The van der Waals surface area contributed by atoms with Crippen molar-refractivity contribution in [1.82, 2.24) is 10.6 Å². The summed E-state index contributed by atoms with van der Waals surface area (Å²) in [7, 11) is 0. The minimum Gasteiger partial charge on any atom is -0.368 e. The molecule has 0 bridgehead atoms. The number of rotatable bonds is 9. The molecule has 120 valence electrons. The maximum absolute atomic E-state index is 12.2. The summed E-state index contributed by atoms with van der Waals surface area (Å²) in [6.07, 6.45) is 0.761. The van der Waals surface area contributed by atoms with Gasteiger partial charge in [0.05, 0.1) is 0 Å². The van der Waals surface area contributed by atoms with Crippen LogP contribution in [0.2, 0.25) is 0 Å². The highest BCUT2D eigenvalue weighted by Gasteiger charge is 2.25. The maximum Gasteiger partial charge on any atom is 0.243 e. The first kappa shape index (κ1) is 19.1. The van der Waals surface area contributed by atoms with Gasteiger partial charge in [-0.3, -0.25) is 14.4 Å². The maximum atomic E-state index is 12.2. The van der Waals surface area contributed by atoms with E-state index < -0.39 is 23.9 Å². The van der Waals surface area contributed by atoms with E-state index in [1.165, 1.54) is 13.8 Å². The SMILES string of the molecule is CC(=O)CC[C@H](NC(=O)[C@H](CC(C)C)NC(C)=O)C(N)=O. The number of nitrogens with one attached hydrogen (secondary N) is 2. The molecule has 0 saturated carbocycles. The topological polar surface area (TPSA) is 118 Å². The number of carbonyl (C=O) groups excluding carboxylic acids is 4. The van der Waals surface area contributed by atoms with Gasteiger partial charge < -0.3 is 21.2 Å². The van der Waals surface area contributed by atoms with Crippen molar-refractivity contribution in [3.63, 3.8) is 0 Å². The van der Waals surface area contributed by atoms with Gasteiger partial charge in [-0.15, -0.1) is 0 Å². The second kappa shape index (κ2) is 9.10. The van der Waals surface area contributed by atoms with Crippen molar-refractivity contribution in [2.75, 3.05) is 0 Å². The van der Waals surface area contributed by atoms with Gasteiger partial charge in [-0.1, -0.05) is 13.8 Å². The Bertz CT molecular complexity index is 407. The van der Waals surface area contributed by atoms with Gasteiger partial charge in [0, 0.05) is 13.3 Å². The van der Waals surface area contributed by atoms with Crippen molar-refractivity contribution < 1.29 is 19.2 Å². The zero-order valence-electron chi connectivity index (χ0n) is 13.1. The fourth-order valence-corrected chi connectivity index (χ4v) is 1.85. The molecule has 2 atom stereocenters. The van der Waals surface area contributed by atoms with Gasteiger partial charge in [0.1, 0.15) is 17.9 Å². The van der Waals surface area contributed by atoms with Crippen LogP contribution in [0.1, 0.15) is 47.0 Å². The van der Waals surface area contributed by atoms with Crippen molar-refractivity contribution in [3.05, 3.63) is 0 Å². The molecule has 7 nitrogen and oxygen atoms in total. The van der Waals surface area contributed by atoms with Gasteiger partial charge in [0.15, 0.2) is 0 Å². The predicted molar refractivity (Wildman–Crippen MR) is 78.1 cm³/mol. The molecule has 0 heterocycles. The fraction of sp³-hybridized carbons (Fsp3) is 0.714. The van der Waals surface area contributed by atoms with E-state index in [0.717, 1.165) is 0 Å². The number of hydrogen-bond acceptors (Lipinski definition) is 4. The van der Waals surface area contributed by atoms with Gasteiger partial charge in [0.2, 0.25) is 17.7 Å². The highest BCUT2D eigenvalue weighted by atomic mass is 16.2. The van der Waals surface area contributed by atoms with Gasteiger partial charge in [0.25, 0.3) is 0 Å². The minimum absolute atomic E-state index is 0.0870. The number of nitrogens with two attached hydrogens (primary N) is 1. The predicted octanol–water partition coefficient (Wildman–Crippen LogP) is -0.123. The van der Waals surface area contributed by atoms with Crippen molar-refractivity contribution in [3.8, 4) is 0 Å². The van der Waals surface area contributed by atoms with Crippen LogP contribution < -0.4 is 16.4 Å². The van der Waals surface area contributed by atoms with Crippen LogP contribution in [0.3, 0.4) is 0 Å². The summed E-state index contributed by atoms with van der Waals surface area (Å²) in [6.45, 7) is 6.56. The van der Waals surface area contributed by atoms with Crippen molar-refractivity contribution >= 4 is 23.5 Å². The molecule has 4 N–H and O–H groups in total. The molecule has 3 amide bonds. The van der Waals surface area contributed by atoms with Gasteiger partial charge >= 0.3 is 0 Å². The van der Waals surface area contributed by atoms with Crippen LogP contribution in [0.25, 0.3) is 0 Å². The van der Waals surface area contributed by atoms with Crippen LogP contribution in [-0.2, 0) is 19.2 Å². The third-order valence-electron chi connectivity index (χ3n) is 2.85. The van der Waals surface area contributed by atoms with Crippen molar-refractivity contribution in [1.29, 1.82) is 0 Å². The third kappa shape index (κ3) is 8.78. The average Bonchev–Trinajstić information content (AvgIpc) is 2.31. The van der Waals surface area contributed by atoms with Crippen LogP contribution in [0.4, 0.5) is 0 Å². The zero-order chi connectivity index (χ0) is 16.6. The Hall–Kier alpha value is -1.92. The Morgan fingerprint density at radius 3 is 1.95 bits per heavy atom. The zero-order valence-corrected chi connectivity index (χ0v) is 13.1. The number of Topliss-reactive ketones (excluding diaryl/α,β-unsaturated/α-hetero) is 1. The molecule has 0 spiro atoms. The van der Waals surface area contributed by atoms with E-state index in [1.54, 1.807) is 0 Å². The van der Waals surface area contributed by atoms with E-state index in [1.807, 2.05) is 13.8 Å². The Morgan fingerprint density at radius 1 is 1.00 bits per heavy atom. The van der Waals surface area contributed by atoms with Crippen LogP contribution in [0.15, 0.2) is 0 Å². The summed E-state index contributed by atoms with van der Waals surface area (Å²) in [6, 6.07) is -1.63. The number of hydrogen-bond donors (Lipinski definition) is 3. The van der Waals surface area contributed by atoms with Crippen LogP contribution in [0, 0.1) is 5.92 Å². The number of carbonyl (C=O) groups is 4. The number of primary amides is 1. The molecule has 0 aromatic rings. The molecule has 0 aliphatic rings. The third-order valence-corrected chi connectivity index (χ3v) is 2.85. The number of ketones is 1. The highest BCUT2D eigenvalue weighted by molar-refractivity contribution is 5.91. The van der Waals surface area contributed by atoms with Crippen LogP contribution in [-0.4, -0.2) is 35.6 Å². The number of amides is 3. The minimum atomic E-state index is -0.912. The smallest absolute Gasteiger partial charge is 0.243 e. The summed E-state index contributed by atoms with van der Waals surface area (Å²) in [4.78, 5) is 45.6. The molecule has 0 rings (SSSR count). The first-order valence-corrected chi connectivity index (χ1v) is 6.99. The molecule has 0 saturated heterocycles. The molecule has 7 heteroatoms. The summed E-state index contributed by atoms with van der Waals surface area (Å²) in [5.41, 5.74) is 5.22. The molecular weight excluding hydrogens is 274 g/mol. The molecule has 0 fully saturated rings. The fourth-order valence-electron chi connectivity index (χ4n) is 1.85. The molecule has 0 unspecified atom stereocenters. The molecule has 0 aliphatic heterocycles. The quantitative estimate of drug-likeness (QED) is 0.550. The molecule has 21 heavy (non-hydrogen) atoms. The lowest BCUT2D eigenvalue weighted by Crippen LogP contribution is -2.53. The molecule has 0 aromatic heterocycles. The van der Waals surface area contributed by atoms with E-state index in [0.29, 0.717) is 6.42 Å². The first-order chi connectivity index (χ1) is 9.63. The van der Waals surface area contributed by atoms with Gasteiger partial charge in [-0.05, 0) is 25.7 Å². The van der Waals surface area contributed by atoms with Gasteiger partial charge in [-0.2, -0.15) is 0 Å². The Balaban J connectivity index is 4.76. The van der Waals surface area contributed by atoms with Gasteiger partial charge in [-0.25, -0.2) is 0 Å². The van der Waals surface area contributed by atoms with Crippen LogP contribution >= 0.6 is 0 Å². The van der Waals surface area contributed by atoms with E-state index in [9.17, 15) is 19.2 Å². The lowest BCUT2D eigenvalue weighted by Gasteiger charge is -2.22. The second-order valence-corrected chi connectivity index (χ2v) is 5.59. The summed E-state index contributed by atoms with van der Waals surface area (Å²) >= 11 is 0. The first-order valence-electron chi connectivity index (χ1n) is 6.99. The van der Waals surface area contributed by atoms with E-state index in [-0.39, 0.29) is 30.4 Å². The molecular formula is C14H25N3O4. The second-order valence-electron chi connectivity index (χ2n) is 5.59. The van der Waals surface area contributed by atoms with Crippen molar-refractivity contribution in [2.24, 2.45) is 11.7 Å². The van der Waals surface area contributed by atoms with Crippen LogP contribution in [0.5, 0.6) is 0 Å². The molecule has 0 radical (unpaired) electrons. The largest absolute Gasteiger partial charge is 0.368 e. The normalized spacial score (nSPS) is 13.4. The Labute approximate surface area is 125 Å². The molecule has 0 aromatic carbocycles. The lowest BCUT2D eigenvalue weighted by atomic mass is 10.0. The lowest BCUT2D eigenvalue weighted by molar-refractivity contribution is -0.131. The Morgan fingerprint density at radius 2 is 1.57 bits per heavy atom. The monoisotopic (exact) mass is 299 g/mol. The average molecular weight is 299 g/mol. The highest BCUT2D eigenvalue weighted by Crippen LogP contribution is 2.06. The summed E-state index contributed by atoms with van der Waals surface area (Å²) in [5.74, 6) is -1.38. The standard InChI is InChI=1S/C14H25N3O4/c1-8(2)7-12(16-10(4)19)14(21)17-11(13(15)20)6-5-9(3)18/h8,11-12H,5-7H2,1-4H3,(H2,15,20)(H,16,19)(H,17,21)/t11-,12-/m0/s1. The van der Waals surface area contributed by atoms with Crippen molar-refractivity contribution in [2.45, 2.75) is 59.0 Å². The van der Waals surface area contributed by atoms with E-state index in [2.05, 4.69) is 10.6 Å². The van der Waals surface area contributed by atoms with E-state index >= 15 is 0 Å². The Kier molecular flexibility index (Phi) is 8.26. The summed E-state index contributed by atoms with van der Waals surface area (Å²) in [5, 5.41) is 5.05. The molecule has 0 aliphatic carbocycles.